The lowest BCUT2D eigenvalue weighted by Gasteiger charge is -2.15. The highest BCUT2D eigenvalue weighted by molar-refractivity contribution is 14.1. The molecule has 1 aromatic heterocycles. The zero-order valence-corrected chi connectivity index (χ0v) is 12.4. The number of nitrogens with zero attached hydrogens (tertiary/aromatic N) is 1. The van der Waals surface area contributed by atoms with Gasteiger partial charge < -0.3 is 9.67 Å². The number of rotatable bonds is 3. The van der Waals surface area contributed by atoms with Crippen molar-refractivity contribution in [2.24, 2.45) is 0 Å². The maximum Gasteiger partial charge on any atom is 0.352 e. The van der Waals surface area contributed by atoms with Gasteiger partial charge in [-0.25, -0.2) is 4.79 Å². The highest BCUT2D eigenvalue weighted by Crippen LogP contribution is 2.27. The molecule has 2 rings (SSSR count). The van der Waals surface area contributed by atoms with Crippen LogP contribution in [0.1, 0.15) is 30.4 Å². The van der Waals surface area contributed by atoms with Crippen molar-refractivity contribution in [2.75, 3.05) is 0 Å². The third-order valence-corrected chi connectivity index (χ3v) is 3.45. The molecule has 1 aromatic carbocycles. The average molecular weight is 355 g/mol. The van der Waals surface area contributed by atoms with E-state index in [9.17, 15) is 9.90 Å². The maximum absolute atomic E-state index is 11.2. The topological polar surface area (TPSA) is 42.2 Å². The van der Waals surface area contributed by atoms with Crippen molar-refractivity contribution in [2.45, 2.75) is 19.9 Å². The van der Waals surface area contributed by atoms with E-state index in [-0.39, 0.29) is 6.04 Å². The minimum Gasteiger partial charge on any atom is -0.477 e. The van der Waals surface area contributed by atoms with Crippen LogP contribution >= 0.6 is 22.6 Å². The predicted molar refractivity (Wildman–Crippen MR) is 79.9 cm³/mol. The normalized spacial score (nSPS) is 10.9. The summed E-state index contributed by atoms with van der Waals surface area (Å²) < 4.78 is 2.99. The standard InChI is InChI=1S/C14H14INO2/c1-9(2)16-12(6-7-13(16)14(17)18)10-4-3-5-11(15)8-10/h3-9H,1-2H3,(H,17,18). The number of aromatic carboxylic acids is 1. The summed E-state index contributed by atoms with van der Waals surface area (Å²) in [7, 11) is 0. The Kier molecular flexibility index (Phi) is 3.75. The molecule has 18 heavy (non-hydrogen) atoms. The second-order valence-corrected chi connectivity index (χ2v) is 5.63. The van der Waals surface area contributed by atoms with E-state index in [2.05, 4.69) is 28.7 Å². The number of carboxylic acids is 1. The van der Waals surface area contributed by atoms with Gasteiger partial charge in [-0.2, -0.15) is 0 Å². The van der Waals surface area contributed by atoms with Crippen LogP contribution in [0, 0.1) is 3.57 Å². The first kappa shape index (κ1) is 13.1. The molecule has 0 saturated heterocycles. The van der Waals surface area contributed by atoms with Crippen LogP contribution in [0.15, 0.2) is 36.4 Å². The first-order valence-electron chi connectivity index (χ1n) is 5.71. The number of aromatic nitrogens is 1. The molecule has 0 fully saturated rings. The molecule has 0 aliphatic carbocycles. The van der Waals surface area contributed by atoms with Crippen LogP contribution in [0.2, 0.25) is 0 Å². The Hall–Kier alpha value is -1.30. The summed E-state index contributed by atoms with van der Waals surface area (Å²) >= 11 is 2.26. The molecule has 1 heterocycles. The Balaban J connectivity index is 2.61. The van der Waals surface area contributed by atoms with Gasteiger partial charge in [-0.05, 0) is 66.3 Å². The molecule has 0 radical (unpaired) electrons. The second-order valence-electron chi connectivity index (χ2n) is 4.38. The molecule has 0 amide bonds. The van der Waals surface area contributed by atoms with E-state index in [4.69, 9.17) is 0 Å². The summed E-state index contributed by atoms with van der Waals surface area (Å²) in [5, 5.41) is 9.21. The molecular formula is C14H14INO2. The molecule has 2 aromatic rings. The summed E-state index contributed by atoms with van der Waals surface area (Å²) in [6.07, 6.45) is 0. The van der Waals surface area contributed by atoms with Gasteiger partial charge in [-0.1, -0.05) is 12.1 Å². The molecule has 3 nitrogen and oxygen atoms in total. The smallest absolute Gasteiger partial charge is 0.352 e. The van der Waals surface area contributed by atoms with Crippen LogP contribution in [0.4, 0.5) is 0 Å². The molecule has 0 bridgehead atoms. The SMILES string of the molecule is CC(C)n1c(C(=O)O)ccc1-c1cccc(I)c1. The fourth-order valence-electron chi connectivity index (χ4n) is 2.06. The van der Waals surface area contributed by atoms with E-state index in [1.165, 1.54) is 0 Å². The van der Waals surface area contributed by atoms with Crippen molar-refractivity contribution < 1.29 is 9.90 Å². The zero-order valence-electron chi connectivity index (χ0n) is 10.2. The summed E-state index contributed by atoms with van der Waals surface area (Å²) in [6.45, 7) is 3.98. The van der Waals surface area contributed by atoms with Gasteiger partial charge in [0.2, 0.25) is 0 Å². The Labute approximate surface area is 120 Å². The molecule has 0 saturated carbocycles. The molecule has 0 aliphatic heterocycles. The highest BCUT2D eigenvalue weighted by atomic mass is 127. The van der Waals surface area contributed by atoms with Gasteiger partial charge >= 0.3 is 5.97 Å². The molecule has 0 aliphatic rings. The number of hydrogen-bond acceptors (Lipinski definition) is 1. The minimum atomic E-state index is -0.888. The molecular weight excluding hydrogens is 341 g/mol. The molecule has 0 unspecified atom stereocenters. The lowest BCUT2D eigenvalue weighted by molar-refractivity contribution is 0.0683. The Morgan fingerprint density at radius 1 is 1.28 bits per heavy atom. The van der Waals surface area contributed by atoms with E-state index >= 15 is 0 Å². The highest BCUT2D eigenvalue weighted by Gasteiger charge is 2.17. The average Bonchev–Trinajstić information content (AvgIpc) is 2.73. The number of carbonyl (C=O) groups is 1. The third kappa shape index (κ3) is 2.43. The van der Waals surface area contributed by atoms with Crippen LogP contribution in [-0.4, -0.2) is 15.6 Å². The van der Waals surface area contributed by atoms with E-state index in [1.54, 1.807) is 6.07 Å². The Morgan fingerprint density at radius 2 is 2.00 bits per heavy atom. The first-order valence-corrected chi connectivity index (χ1v) is 6.79. The van der Waals surface area contributed by atoms with E-state index in [0.717, 1.165) is 14.8 Å². The monoisotopic (exact) mass is 355 g/mol. The van der Waals surface area contributed by atoms with Gasteiger partial charge in [0.25, 0.3) is 0 Å². The van der Waals surface area contributed by atoms with Gasteiger partial charge in [0.15, 0.2) is 0 Å². The van der Waals surface area contributed by atoms with Crippen LogP contribution in [0.25, 0.3) is 11.3 Å². The largest absolute Gasteiger partial charge is 0.477 e. The maximum atomic E-state index is 11.2. The Morgan fingerprint density at radius 3 is 2.56 bits per heavy atom. The van der Waals surface area contributed by atoms with Gasteiger partial charge in [-0.3, -0.25) is 0 Å². The van der Waals surface area contributed by atoms with Crippen LogP contribution in [0.3, 0.4) is 0 Å². The predicted octanol–water partition coefficient (Wildman–Crippen LogP) is 4.04. The van der Waals surface area contributed by atoms with Gasteiger partial charge in [-0.15, -0.1) is 0 Å². The molecule has 1 N–H and O–H groups in total. The second kappa shape index (κ2) is 5.14. The van der Waals surface area contributed by atoms with Crippen molar-refractivity contribution >= 4 is 28.6 Å². The zero-order chi connectivity index (χ0) is 13.3. The van der Waals surface area contributed by atoms with E-state index in [0.29, 0.717) is 5.69 Å². The molecule has 0 atom stereocenters. The molecule has 4 heteroatoms. The fourth-order valence-corrected chi connectivity index (χ4v) is 2.61. The van der Waals surface area contributed by atoms with Gasteiger partial charge in [0.1, 0.15) is 5.69 Å². The van der Waals surface area contributed by atoms with E-state index < -0.39 is 5.97 Å². The lowest BCUT2D eigenvalue weighted by atomic mass is 10.1. The van der Waals surface area contributed by atoms with Crippen LogP contribution in [0.5, 0.6) is 0 Å². The van der Waals surface area contributed by atoms with Crippen molar-refractivity contribution in [3.05, 3.63) is 45.7 Å². The van der Waals surface area contributed by atoms with Crippen molar-refractivity contribution in [1.29, 1.82) is 0 Å². The summed E-state index contributed by atoms with van der Waals surface area (Å²) in [6, 6.07) is 11.7. The van der Waals surface area contributed by atoms with Crippen LogP contribution < -0.4 is 0 Å². The number of hydrogen-bond donors (Lipinski definition) is 1. The Bertz CT molecular complexity index is 587. The lowest BCUT2D eigenvalue weighted by Crippen LogP contribution is -2.11. The number of carboxylic acid groups (broad SMARTS) is 1. The molecule has 0 spiro atoms. The summed E-state index contributed by atoms with van der Waals surface area (Å²) in [4.78, 5) is 11.2. The summed E-state index contributed by atoms with van der Waals surface area (Å²) in [5.74, 6) is -0.888. The fraction of sp³-hybridized carbons (Fsp3) is 0.214. The van der Waals surface area contributed by atoms with Crippen molar-refractivity contribution in [1.82, 2.24) is 4.57 Å². The van der Waals surface area contributed by atoms with Gasteiger partial charge in [0.05, 0.1) is 0 Å². The third-order valence-electron chi connectivity index (χ3n) is 2.77. The minimum absolute atomic E-state index is 0.110. The number of benzene rings is 1. The van der Waals surface area contributed by atoms with Crippen molar-refractivity contribution in [3.8, 4) is 11.3 Å². The van der Waals surface area contributed by atoms with Crippen LogP contribution in [-0.2, 0) is 0 Å². The van der Waals surface area contributed by atoms with Gasteiger partial charge in [0, 0.05) is 15.3 Å². The van der Waals surface area contributed by atoms with Crippen molar-refractivity contribution in [3.63, 3.8) is 0 Å². The first-order chi connectivity index (χ1) is 8.50. The molecule has 94 valence electrons. The van der Waals surface area contributed by atoms with E-state index in [1.807, 2.05) is 42.7 Å². The quantitative estimate of drug-likeness (QED) is 0.845. The summed E-state index contributed by atoms with van der Waals surface area (Å²) in [5.41, 5.74) is 2.32. The number of halogens is 1.